The van der Waals surface area contributed by atoms with E-state index in [2.05, 4.69) is 40.9 Å². The first-order valence-corrected chi connectivity index (χ1v) is 13.8. The van der Waals surface area contributed by atoms with Gasteiger partial charge >= 0.3 is 0 Å². The second-order valence-corrected chi connectivity index (χ2v) is 9.58. The number of para-hydroxylation sites is 2. The summed E-state index contributed by atoms with van der Waals surface area (Å²) in [6, 6.07) is 19.0. The minimum atomic E-state index is -0.872. The van der Waals surface area contributed by atoms with Gasteiger partial charge in [0.2, 0.25) is 10.2 Å². The molecule has 0 radical (unpaired) electrons. The molecule has 0 bridgehead atoms. The van der Waals surface area contributed by atoms with E-state index in [0.717, 1.165) is 37.6 Å². The first-order valence-electron chi connectivity index (χ1n) is 13.0. The molecule has 2 aliphatic rings. The molecule has 12 nitrogen and oxygen atoms in total. The largest absolute Gasteiger partial charge is 0.379 e. The van der Waals surface area contributed by atoms with Crippen molar-refractivity contribution in [2.45, 2.75) is 12.5 Å². The standard InChI is InChI=1S/2C13H18N4O2S.Ni/c2*18-12(10-17-6-8-19-9-7-17)15-16-13(20)14-11-4-2-1-3-5-11;/h2*1-5,12,18H,6-10H2,(H,14,20);/b16-15+;16-15-;. The minimum Gasteiger partial charge on any atom is -0.379 e. The van der Waals surface area contributed by atoms with Gasteiger partial charge in [-0.05, 0) is 48.7 Å². The van der Waals surface area contributed by atoms with E-state index in [1.165, 1.54) is 0 Å². The van der Waals surface area contributed by atoms with E-state index < -0.39 is 12.5 Å². The van der Waals surface area contributed by atoms with Crippen LogP contribution < -0.4 is 10.6 Å². The summed E-state index contributed by atoms with van der Waals surface area (Å²) in [5.74, 6) is 0. The normalized spacial score (nSPS) is 17.6. The van der Waals surface area contributed by atoms with E-state index in [0.29, 0.717) is 39.5 Å². The SMILES string of the molecule is OC(CN1CCOCC1)/N=N/C(=S)Nc1ccccc1.OC(CN1CCOCC1)/N=N\C(=S)Nc1ccccc1.[Ni]. The van der Waals surface area contributed by atoms with Crippen LogP contribution in [0.3, 0.4) is 0 Å². The Kier molecular flexibility index (Phi) is 17.5. The maximum atomic E-state index is 9.79. The van der Waals surface area contributed by atoms with Crippen LogP contribution in [0.4, 0.5) is 11.4 Å². The summed E-state index contributed by atoms with van der Waals surface area (Å²) >= 11 is 10.1. The molecule has 2 aliphatic heterocycles. The predicted octanol–water partition coefficient (Wildman–Crippen LogP) is 2.97. The van der Waals surface area contributed by atoms with Gasteiger partial charge in [-0.25, -0.2) is 0 Å². The summed E-state index contributed by atoms with van der Waals surface area (Å²) in [6.45, 7) is 6.88. The number of morpholine rings is 2. The number of ether oxygens (including phenoxy) is 2. The van der Waals surface area contributed by atoms with Crippen molar-refractivity contribution < 1.29 is 36.2 Å². The molecule has 4 rings (SSSR count). The Labute approximate surface area is 261 Å². The monoisotopic (exact) mass is 646 g/mol. The van der Waals surface area contributed by atoms with Crippen LogP contribution in [-0.2, 0) is 26.0 Å². The predicted molar refractivity (Wildman–Crippen MR) is 162 cm³/mol. The van der Waals surface area contributed by atoms with Crippen molar-refractivity contribution in [1.82, 2.24) is 9.80 Å². The van der Waals surface area contributed by atoms with E-state index in [-0.39, 0.29) is 26.7 Å². The van der Waals surface area contributed by atoms with Crippen LogP contribution in [0.2, 0.25) is 0 Å². The van der Waals surface area contributed by atoms with Gasteiger partial charge in [0.15, 0.2) is 12.5 Å². The zero-order valence-electron chi connectivity index (χ0n) is 22.5. The van der Waals surface area contributed by atoms with Gasteiger partial charge < -0.3 is 30.3 Å². The van der Waals surface area contributed by atoms with E-state index in [9.17, 15) is 10.2 Å². The molecule has 0 spiro atoms. The van der Waals surface area contributed by atoms with Crippen molar-refractivity contribution in [2.24, 2.45) is 20.5 Å². The molecule has 2 unspecified atom stereocenters. The number of nitrogens with one attached hydrogen (secondary N) is 2. The molecule has 4 N–H and O–H groups in total. The van der Waals surface area contributed by atoms with Crippen molar-refractivity contribution in [3.63, 3.8) is 0 Å². The first-order chi connectivity index (χ1) is 19.5. The fourth-order valence-electron chi connectivity index (χ4n) is 3.68. The molecule has 0 amide bonds. The molecule has 0 aliphatic carbocycles. The number of azo groups is 2. The minimum absolute atomic E-state index is 0. The topological polar surface area (TPSA) is 139 Å². The number of rotatable bonds is 8. The van der Waals surface area contributed by atoms with E-state index in [1.54, 1.807) is 0 Å². The first kappa shape index (κ1) is 34.9. The maximum absolute atomic E-state index is 9.79. The van der Waals surface area contributed by atoms with Gasteiger partial charge in [-0.1, -0.05) is 36.4 Å². The Morgan fingerprint density at radius 2 is 1.02 bits per heavy atom. The summed E-state index contributed by atoms with van der Waals surface area (Å²) in [6.07, 6.45) is -1.74. The number of anilines is 2. The van der Waals surface area contributed by atoms with Gasteiger partial charge in [-0.3, -0.25) is 9.80 Å². The second-order valence-electron chi connectivity index (χ2n) is 8.81. The fraction of sp³-hybridized carbons (Fsp3) is 0.462. The van der Waals surface area contributed by atoms with Crippen LogP contribution in [0.1, 0.15) is 0 Å². The van der Waals surface area contributed by atoms with Crippen LogP contribution in [0.25, 0.3) is 0 Å². The number of benzene rings is 2. The Morgan fingerprint density at radius 3 is 1.37 bits per heavy atom. The third-order valence-corrected chi connectivity index (χ3v) is 6.03. The molecule has 2 aromatic rings. The molecule has 0 saturated carbocycles. The number of aliphatic hydroxyl groups excluding tert-OH is 2. The third-order valence-electron chi connectivity index (χ3n) is 5.66. The molecule has 2 aromatic carbocycles. The second kappa shape index (κ2) is 20.5. The van der Waals surface area contributed by atoms with Gasteiger partial charge in [0.05, 0.1) is 26.4 Å². The van der Waals surface area contributed by atoms with Gasteiger partial charge in [-0.15, -0.1) is 10.2 Å². The zero-order valence-corrected chi connectivity index (χ0v) is 25.1. The van der Waals surface area contributed by atoms with Crippen molar-refractivity contribution in [3.05, 3.63) is 60.7 Å². The van der Waals surface area contributed by atoms with Gasteiger partial charge in [0.1, 0.15) is 0 Å². The van der Waals surface area contributed by atoms with E-state index in [4.69, 9.17) is 33.9 Å². The third kappa shape index (κ3) is 15.5. The maximum Gasteiger partial charge on any atom is 0.217 e. The summed E-state index contributed by atoms with van der Waals surface area (Å²) < 4.78 is 10.5. The Balaban J connectivity index is 0.000000280. The molecule has 15 heteroatoms. The quantitative estimate of drug-likeness (QED) is 0.192. The number of thiocarbonyl (C=S) groups is 2. The van der Waals surface area contributed by atoms with Crippen molar-refractivity contribution >= 4 is 46.0 Å². The molecular weight excluding hydrogens is 611 g/mol. The molecule has 41 heavy (non-hydrogen) atoms. The molecule has 0 aromatic heterocycles. The van der Waals surface area contributed by atoms with Gasteiger partial charge in [0, 0.05) is 67.1 Å². The Morgan fingerprint density at radius 1 is 0.683 bits per heavy atom. The Bertz CT molecular complexity index is 990. The van der Waals surface area contributed by atoms with Crippen LogP contribution in [0, 0.1) is 0 Å². The summed E-state index contributed by atoms with van der Waals surface area (Å²) in [5.41, 5.74) is 1.69. The van der Waals surface area contributed by atoms with E-state index >= 15 is 0 Å². The van der Waals surface area contributed by atoms with Crippen LogP contribution >= 0.6 is 24.4 Å². The molecular formula is C26H36N8NiO4S2. The molecule has 226 valence electrons. The van der Waals surface area contributed by atoms with Crippen molar-refractivity contribution in [3.8, 4) is 0 Å². The van der Waals surface area contributed by atoms with Gasteiger partial charge in [-0.2, -0.15) is 10.2 Å². The number of hydrogen-bond donors (Lipinski definition) is 4. The van der Waals surface area contributed by atoms with Gasteiger partial charge in [0.25, 0.3) is 0 Å². The number of aliphatic hydroxyl groups is 2. The molecule has 2 fully saturated rings. The summed E-state index contributed by atoms with van der Waals surface area (Å²) in [5, 5.41) is 41.2. The van der Waals surface area contributed by atoms with Crippen molar-refractivity contribution in [2.75, 3.05) is 76.3 Å². The molecule has 2 atom stereocenters. The summed E-state index contributed by atoms with van der Waals surface area (Å²) in [7, 11) is 0. The molecule has 2 saturated heterocycles. The number of nitrogens with zero attached hydrogens (tertiary/aromatic N) is 6. The number of β-amino-alcohol motifs (C(OH)–C–C–N with tert-alkyl or cyclic N) is 2. The fourth-order valence-corrected chi connectivity index (χ4v) is 4.01. The average molecular weight is 647 g/mol. The smallest absolute Gasteiger partial charge is 0.217 e. The van der Waals surface area contributed by atoms with Crippen LogP contribution in [0.5, 0.6) is 0 Å². The average Bonchev–Trinajstić information content (AvgIpc) is 2.98. The van der Waals surface area contributed by atoms with Crippen LogP contribution in [0.15, 0.2) is 81.1 Å². The van der Waals surface area contributed by atoms with E-state index in [1.807, 2.05) is 60.7 Å². The van der Waals surface area contributed by atoms with Crippen molar-refractivity contribution in [1.29, 1.82) is 0 Å². The van der Waals surface area contributed by atoms with Crippen LogP contribution in [-0.4, -0.2) is 108 Å². The zero-order chi connectivity index (χ0) is 28.4. The molecule has 2 heterocycles. The Hall–Kier alpha value is -2.33. The summed E-state index contributed by atoms with van der Waals surface area (Å²) in [4.78, 5) is 4.17. The number of hydrogen-bond acceptors (Lipinski definition) is 10.